The number of thiazole rings is 1. The van der Waals surface area contributed by atoms with Crippen molar-refractivity contribution < 1.29 is 9.53 Å². The lowest BCUT2D eigenvalue weighted by Crippen LogP contribution is -2.22. The van der Waals surface area contributed by atoms with E-state index in [1.165, 1.54) is 23.1 Å². The van der Waals surface area contributed by atoms with Gasteiger partial charge in [-0.2, -0.15) is 0 Å². The third-order valence-corrected chi connectivity index (χ3v) is 5.84. The predicted octanol–water partition coefficient (Wildman–Crippen LogP) is 3.86. The maximum absolute atomic E-state index is 12.5. The number of hydrogen-bond donors (Lipinski definition) is 1. The normalized spacial score (nSPS) is 12.0. The summed E-state index contributed by atoms with van der Waals surface area (Å²) in [7, 11) is 1.63. The molecule has 1 atom stereocenters. The molecule has 9 heteroatoms. The van der Waals surface area contributed by atoms with Crippen LogP contribution < -0.4 is 10.1 Å². The zero-order valence-corrected chi connectivity index (χ0v) is 17.2. The second-order valence-electron chi connectivity index (χ2n) is 5.79. The van der Waals surface area contributed by atoms with Crippen molar-refractivity contribution in [1.82, 2.24) is 19.7 Å². The van der Waals surface area contributed by atoms with Gasteiger partial charge in [0.05, 0.1) is 23.6 Å². The molecule has 27 heavy (non-hydrogen) atoms. The second-order valence-corrected chi connectivity index (χ2v) is 7.96. The number of anilines is 1. The number of para-hydroxylation sites is 1. The molecule has 0 saturated heterocycles. The summed E-state index contributed by atoms with van der Waals surface area (Å²) in [6, 6.07) is 7.69. The van der Waals surface area contributed by atoms with Gasteiger partial charge in [0.25, 0.3) is 0 Å². The van der Waals surface area contributed by atoms with Crippen LogP contribution in [0.4, 0.5) is 5.13 Å². The minimum Gasteiger partial charge on any atom is -0.496 e. The number of methoxy groups -OCH3 is 1. The highest BCUT2D eigenvalue weighted by Gasteiger charge is 2.22. The molecule has 1 N–H and O–H groups in total. The molecule has 0 spiro atoms. The highest BCUT2D eigenvalue weighted by atomic mass is 32.2. The van der Waals surface area contributed by atoms with Crippen LogP contribution in [-0.2, 0) is 11.3 Å². The Morgan fingerprint density at radius 3 is 2.81 bits per heavy atom. The maximum Gasteiger partial charge on any atom is 0.239 e. The van der Waals surface area contributed by atoms with Crippen LogP contribution in [0, 0.1) is 6.92 Å². The van der Waals surface area contributed by atoms with Gasteiger partial charge in [0.15, 0.2) is 16.1 Å². The quantitative estimate of drug-likeness (QED) is 0.603. The van der Waals surface area contributed by atoms with Gasteiger partial charge in [0.1, 0.15) is 5.75 Å². The van der Waals surface area contributed by atoms with E-state index in [-0.39, 0.29) is 11.2 Å². The molecule has 2 heterocycles. The summed E-state index contributed by atoms with van der Waals surface area (Å²) < 4.78 is 7.42. The fourth-order valence-corrected chi connectivity index (χ4v) is 4.12. The van der Waals surface area contributed by atoms with E-state index < -0.39 is 0 Å². The van der Waals surface area contributed by atoms with Gasteiger partial charge in [-0.3, -0.25) is 4.79 Å². The number of nitrogens with one attached hydrogen (secondary N) is 1. The first-order chi connectivity index (χ1) is 13.0. The highest BCUT2D eigenvalue weighted by Crippen LogP contribution is 2.32. The molecule has 1 amide bonds. The fourth-order valence-electron chi connectivity index (χ4n) is 2.52. The summed E-state index contributed by atoms with van der Waals surface area (Å²) in [6.07, 6.45) is 0. The summed E-state index contributed by atoms with van der Waals surface area (Å²) in [5, 5.41) is 14.3. The molecule has 3 aromatic rings. The van der Waals surface area contributed by atoms with Crippen molar-refractivity contribution in [2.24, 2.45) is 0 Å². The van der Waals surface area contributed by atoms with Crippen LogP contribution >= 0.6 is 23.1 Å². The maximum atomic E-state index is 12.5. The van der Waals surface area contributed by atoms with Crippen LogP contribution in [0.5, 0.6) is 5.75 Å². The molecule has 0 fully saturated rings. The molecule has 1 aromatic carbocycles. The van der Waals surface area contributed by atoms with E-state index in [2.05, 4.69) is 20.5 Å². The lowest BCUT2D eigenvalue weighted by molar-refractivity contribution is -0.115. The summed E-state index contributed by atoms with van der Waals surface area (Å²) >= 11 is 2.79. The molecule has 0 aliphatic rings. The van der Waals surface area contributed by atoms with Gasteiger partial charge in [-0.25, -0.2) is 4.98 Å². The van der Waals surface area contributed by atoms with Crippen molar-refractivity contribution in [1.29, 1.82) is 0 Å². The van der Waals surface area contributed by atoms with Crippen LogP contribution in [-0.4, -0.2) is 38.0 Å². The Morgan fingerprint density at radius 1 is 1.37 bits per heavy atom. The zero-order chi connectivity index (χ0) is 19.4. The van der Waals surface area contributed by atoms with E-state index in [1.807, 2.05) is 55.0 Å². The standard InChI is InChI=1S/C18H21N5O2S2/c1-5-23-15(13-8-6-7-9-14(13)25-4)21-22-18(23)27-12(3)16(24)20-17-19-11(2)10-26-17/h6-10,12H,5H2,1-4H3,(H,19,20,24)/t12-/m1/s1. The first-order valence-electron chi connectivity index (χ1n) is 8.49. The number of aryl methyl sites for hydroxylation is 1. The van der Waals surface area contributed by atoms with Gasteiger partial charge in [-0.05, 0) is 32.9 Å². The molecule has 0 unspecified atom stereocenters. The molecule has 0 aliphatic carbocycles. The number of carbonyl (C=O) groups is 1. The Hall–Kier alpha value is -2.39. The van der Waals surface area contributed by atoms with E-state index in [0.29, 0.717) is 16.8 Å². The van der Waals surface area contributed by atoms with Crippen molar-refractivity contribution in [2.75, 3.05) is 12.4 Å². The average Bonchev–Trinajstić information content (AvgIpc) is 3.27. The molecular formula is C18H21N5O2S2. The molecule has 0 radical (unpaired) electrons. The van der Waals surface area contributed by atoms with Crippen LogP contribution in [0.1, 0.15) is 19.5 Å². The Kier molecular flexibility index (Phi) is 6.12. The number of benzene rings is 1. The lowest BCUT2D eigenvalue weighted by Gasteiger charge is -2.12. The van der Waals surface area contributed by atoms with Gasteiger partial charge >= 0.3 is 0 Å². The van der Waals surface area contributed by atoms with E-state index >= 15 is 0 Å². The Morgan fingerprint density at radius 2 is 2.15 bits per heavy atom. The minimum atomic E-state index is -0.339. The average molecular weight is 404 g/mol. The minimum absolute atomic E-state index is 0.112. The van der Waals surface area contributed by atoms with Gasteiger partial charge in [0.2, 0.25) is 5.91 Å². The first kappa shape index (κ1) is 19.4. The molecule has 2 aromatic heterocycles. The summed E-state index contributed by atoms with van der Waals surface area (Å²) in [4.78, 5) is 16.7. The Balaban J connectivity index is 1.79. The topological polar surface area (TPSA) is 81.9 Å². The third kappa shape index (κ3) is 4.30. The largest absolute Gasteiger partial charge is 0.496 e. The van der Waals surface area contributed by atoms with Crippen molar-refractivity contribution in [3.05, 3.63) is 35.3 Å². The van der Waals surface area contributed by atoms with Crippen molar-refractivity contribution in [3.8, 4) is 17.1 Å². The van der Waals surface area contributed by atoms with E-state index in [4.69, 9.17) is 4.74 Å². The van der Waals surface area contributed by atoms with Crippen LogP contribution in [0.15, 0.2) is 34.8 Å². The lowest BCUT2D eigenvalue weighted by atomic mass is 10.2. The number of hydrogen-bond acceptors (Lipinski definition) is 7. The Labute approximate surface area is 166 Å². The highest BCUT2D eigenvalue weighted by molar-refractivity contribution is 8.00. The van der Waals surface area contributed by atoms with Crippen molar-refractivity contribution in [2.45, 2.75) is 37.7 Å². The number of carbonyl (C=O) groups excluding carboxylic acids is 1. The summed E-state index contributed by atoms with van der Waals surface area (Å²) in [5.74, 6) is 1.35. The van der Waals surface area contributed by atoms with Crippen LogP contribution in [0.25, 0.3) is 11.4 Å². The van der Waals surface area contributed by atoms with Gasteiger partial charge < -0.3 is 14.6 Å². The molecule has 7 nitrogen and oxygen atoms in total. The van der Waals surface area contributed by atoms with E-state index in [1.54, 1.807) is 7.11 Å². The van der Waals surface area contributed by atoms with Gasteiger partial charge in [0, 0.05) is 11.9 Å². The molecule has 3 rings (SSSR count). The van der Waals surface area contributed by atoms with Crippen molar-refractivity contribution >= 4 is 34.1 Å². The number of ether oxygens (including phenoxy) is 1. The molecule has 142 valence electrons. The molecule has 0 saturated carbocycles. The number of rotatable bonds is 7. The number of thioether (sulfide) groups is 1. The number of aromatic nitrogens is 4. The van der Waals surface area contributed by atoms with Crippen molar-refractivity contribution in [3.63, 3.8) is 0 Å². The van der Waals surface area contributed by atoms with E-state index in [0.717, 1.165) is 22.8 Å². The molecular weight excluding hydrogens is 382 g/mol. The number of amides is 1. The third-order valence-electron chi connectivity index (χ3n) is 3.88. The first-order valence-corrected chi connectivity index (χ1v) is 10.3. The molecule has 0 aliphatic heterocycles. The SMILES string of the molecule is CCn1c(S[C@H](C)C(=O)Nc2nc(C)cs2)nnc1-c1ccccc1OC. The smallest absolute Gasteiger partial charge is 0.239 e. The van der Waals surface area contributed by atoms with Gasteiger partial charge in [-0.1, -0.05) is 23.9 Å². The fraction of sp³-hybridized carbons (Fsp3) is 0.333. The monoisotopic (exact) mass is 403 g/mol. The molecule has 0 bridgehead atoms. The zero-order valence-electron chi connectivity index (χ0n) is 15.6. The summed E-state index contributed by atoms with van der Waals surface area (Å²) in [6.45, 7) is 6.45. The van der Waals surface area contributed by atoms with Crippen LogP contribution in [0.2, 0.25) is 0 Å². The number of nitrogens with zero attached hydrogens (tertiary/aromatic N) is 4. The van der Waals surface area contributed by atoms with Gasteiger partial charge in [-0.15, -0.1) is 21.5 Å². The Bertz CT molecular complexity index is 937. The van der Waals surface area contributed by atoms with E-state index in [9.17, 15) is 4.79 Å². The predicted molar refractivity (Wildman–Crippen MR) is 108 cm³/mol. The van der Waals surface area contributed by atoms with Crippen LogP contribution in [0.3, 0.4) is 0 Å². The summed E-state index contributed by atoms with van der Waals surface area (Å²) in [5.41, 5.74) is 1.76. The second kappa shape index (κ2) is 8.53.